The molecule has 6 nitrogen and oxygen atoms in total. The van der Waals surface area contributed by atoms with E-state index in [2.05, 4.69) is 10.2 Å². The van der Waals surface area contributed by atoms with Crippen molar-refractivity contribution in [2.75, 3.05) is 18.9 Å². The van der Waals surface area contributed by atoms with Gasteiger partial charge < -0.3 is 10.7 Å². The fourth-order valence-corrected chi connectivity index (χ4v) is 4.40. The van der Waals surface area contributed by atoms with Gasteiger partial charge in [-0.05, 0) is 25.3 Å². The highest BCUT2D eigenvalue weighted by atomic mass is 32.2. The van der Waals surface area contributed by atoms with Gasteiger partial charge in [-0.2, -0.15) is 0 Å². The van der Waals surface area contributed by atoms with Gasteiger partial charge in [0, 0.05) is 18.7 Å². The summed E-state index contributed by atoms with van der Waals surface area (Å²) in [4.78, 5) is 15.1. The van der Waals surface area contributed by atoms with Gasteiger partial charge in [-0.25, -0.2) is 4.68 Å². The first-order chi connectivity index (χ1) is 13.6. The minimum atomic E-state index is -0.392. The molecule has 1 fully saturated rings. The topological polar surface area (TPSA) is 77.0 Å². The average molecular weight is 394 g/mol. The van der Waals surface area contributed by atoms with Crippen LogP contribution in [0.5, 0.6) is 0 Å². The molecule has 0 aliphatic carbocycles. The van der Waals surface area contributed by atoms with Crippen LogP contribution in [0, 0.1) is 6.92 Å². The third kappa shape index (κ3) is 3.75. The fraction of sp³-hybridized carbons (Fsp3) is 0.286. The first-order valence-electron chi connectivity index (χ1n) is 9.41. The summed E-state index contributed by atoms with van der Waals surface area (Å²) in [5.74, 6) is 6.99. The normalized spacial score (nSPS) is 15.0. The van der Waals surface area contributed by atoms with Crippen LogP contribution >= 0.6 is 11.8 Å². The first-order valence-corrected chi connectivity index (χ1v) is 10.3. The smallest absolute Gasteiger partial charge is 0.240 e. The van der Waals surface area contributed by atoms with Crippen LogP contribution in [-0.2, 0) is 4.79 Å². The van der Waals surface area contributed by atoms with Gasteiger partial charge in [-0.15, -0.1) is 10.2 Å². The molecule has 2 N–H and O–H groups in total. The minimum Gasteiger partial charge on any atom is -0.341 e. The number of carbonyl (C=O) groups is 1. The molecule has 1 atom stereocenters. The second-order valence-electron chi connectivity index (χ2n) is 6.98. The number of nitrogen functional groups attached to an aromatic ring is 1. The van der Waals surface area contributed by atoms with Crippen LogP contribution in [0.2, 0.25) is 0 Å². The number of rotatable bonds is 5. The van der Waals surface area contributed by atoms with Gasteiger partial charge >= 0.3 is 0 Å². The molecule has 1 amide bonds. The standard InChI is InChI=1S/C21H23N5OS/c1-15-9-11-17(12-10-15)19-23-24-21(26(19)22)28-18(16-7-3-2-4-8-16)20(27)25-13-5-6-14-25/h2-4,7-12,18H,5-6,13-14,22H2,1H3/t18-/m1/s1. The van der Waals surface area contributed by atoms with E-state index in [1.165, 1.54) is 22.0 Å². The van der Waals surface area contributed by atoms with Gasteiger partial charge in [0.1, 0.15) is 5.25 Å². The Morgan fingerprint density at radius 1 is 1.04 bits per heavy atom. The largest absolute Gasteiger partial charge is 0.341 e. The molecule has 0 bridgehead atoms. The number of aryl methyl sites for hydroxylation is 1. The molecule has 1 aromatic heterocycles. The maximum absolute atomic E-state index is 13.2. The van der Waals surface area contributed by atoms with E-state index in [1.54, 1.807) is 0 Å². The molecule has 1 saturated heterocycles. The van der Waals surface area contributed by atoms with Crippen molar-refractivity contribution in [1.29, 1.82) is 0 Å². The van der Waals surface area contributed by atoms with Gasteiger partial charge in [0.05, 0.1) is 0 Å². The Hall–Kier alpha value is -2.80. The summed E-state index contributed by atoms with van der Waals surface area (Å²) in [6.45, 7) is 3.66. The number of benzene rings is 2. The van der Waals surface area contributed by atoms with Crippen LogP contribution < -0.4 is 5.84 Å². The summed E-state index contributed by atoms with van der Waals surface area (Å²) in [5, 5.41) is 8.66. The molecule has 3 aromatic rings. The minimum absolute atomic E-state index is 0.105. The zero-order valence-electron chi connectivity index (χ0n) is 15.8. The number of aromatic nitrogens is 3. The van der Waals surface area contributed by atoms with E-state index in [1.807, 2.05) is 66.4 Å². The second kappa shape index (κ2) is 8.06. The summed E-state index contributed by atoms with van der Waals surface area (Å²) >= 11 is 1.36. The molecule has 4 rings (SSSR count). The highest BCUT2D eigenvalue weighted by molar-refractivity contribution is 8.00. The summed E-state index contributed by atoms with van der Waals surface area (Å²) < 4.78 is 1.47. The highest BCUT2D eigenvalue weighted by Gasteiger charge is 2.30. The summed E-state index contributed by atoms with van der Waals surface area (Å²) in [7, 11) is 0. The number of nitrogens with zero attached hydrogens (tertiary/aromatic N) is 4. The number of hydrogen-bond acceptors (Lipinski definition) is 5. The molecular weight excluding hydrogens is 370 g/mol. The summed E-state index contributed by atoms with van der Waals surface area (Å²) in [5.41, 5.74) is 3.01. The first kappa shape index (κ1) is 18.6. The predicted molar refractivity (Wildman–Crippen MR) is 111 cm³/mol. The van der Waals surface area contributed by atoms with Crippen molar-refractivity contribution in [2.45, 2.75) is 30.2 Å². The zero-order valence-corrected chi connectivity index (χ0v) is 16.6. The summed E-state index contributed by atoms with van der Waals surface area (Å²) in [6.07, 6.45) is 2.12. The lowest BCUT2D eigenvalue weighted by Gasteiger charge is -2.22. The molecule has 0 saturated carbocycles. The quantitative estimate of drug-likeness (QED) is 0.531. The van der Waals surface area contributed by atoms with Crippen LogP contribution in [0.15, 0.2) is 59.8 Å². The molecule has 2 aromatic carbocycles. The Balaban J connectivity index is 1.63. The van der Waals surface area contributed by atoms with E-state index in [0.717, 1.165) is 37.1 Å². The number of likely N-dealkylation sites (tertiary alicyclic amines) is 1. The fourth-order valence-electron chi connectivity index (χ4n) is 3.35. The molecule has 0 unspecified atom stereocenters. The van der Waals surface area contributed by atoms with E-state index < -0.39 is 5.25 Å². The van der Waals surface area contributed by atoms with Gasteiger partial charge in [-0.3, -0.25) is 4.79 Å². The van der Waals surface area contributed by atoms with Crippen LogP contribution in [0.1, 0.15) is 29.2 Å². The molecule has 0 spiro atoms. The molecule has 1 aliphatic heterocycles. The van der Waals surface area contributed by atoms with Gasteiger partial charge in [0.15, 0.2) is 5.82 Å². The number of carbonyl (C=O) groups excluding carboxylic acids is 1. The number of nitrogens with two attached hydrogens (primary N) is 1. The maximum Gasteiger partial charge on any atom is 0.240 e. The van der Waals surface area contributed by atoms with E-state index in [0.29, 0.717) is 11.0 Å². The van der Waals surface area contributed by atoms with Gasteiger partial charge in [0.25, 0.3) is 0 Å². The van der Waals surface area contributed by atoms with E-state index in [-0.39, 0.29) is 5.91 Å². The Labute approximate surface area is 168 Å². The lowest BCUT2D eigenvalue weighted by Crippen LogP contribution is -2.31. The molecular formula is C21H23N5OS. The Morgan fingerprint density at radius 2 is 1.71 bits per heavy atom. The van der Waals surface area contributed by atoms with Crippen molar-refractivity contribution in [3.8, 4) is 11.4 Å². The van der Waals surface area contributed by atoms with Crippen molar-refractivity contribution in [2.24, 2.45) is 0 Å². The Morgan fingerprint density at radius 3 is 2.39 bits per heavy atom. The van der Waals surface area contributed by atoms with Crippen LogP contribution in [-0.4, -0.2) is 38.8 Å². The Bertz CT molecular complexity index is 949. The molecule has 2 heterocycles. The lowest BCUT2D eigenvalue weighted by atomic mass is 10.1. The van der Waals surface area contributed by atoms with Gasteiger partial charge in [-0.1, -0.05) is 71.9 Å². The van der Waals surface area contributed by atoms with Crippen molar-refractivity contribution >= 4 is 17.7 Å². The molecule has 0 radical (unpaired) electrons. The third-order valence-corrected chi connectivity index (χ3v) is 6.14. The van der Waals surface area contributed by atoms with E-state index in [4.69, 9.17) is 5.84 Å². The number of thioether (sulfide) groups is 1. The maximum atomic E-state index is 13.2. The zero-order chi connectivity index (χ0) is 19.5. The van der Waals surface area contributed by atoms with Crippen LogP contribution in [0.4, 0.5) is 0 Å². The second-order valence-corrected chi connectivity index (χ2v) is 8.06. The highest BCUT2D eigenvalue weighted by Crippen LogP contribution is 2.37. The monoisotopic (exact) mass is 393 g/mol. The lowest BCUT2D eigenvalue weighted by molar-refractivity contribution is -0.129. The molecule has 144 valence electrons. The van der Waals surface area contributed by atoms with Crippen molar-refractivity contribution in [3.05, 3.63) is 65.7 Å². The van der Waals surface area contributed by atoms with Crippen molar-refractivity contribution in [1.82, 2.24) is 19.8 Å². The Kier molecular flexibility index (Phi) is 5.34. The van der Waals surface area contributed by atoms with Crippen LogP contribution in [0.25, 0.3) is 11.4 Å². The molecule has 1 aliphatic rings. The molecule has 28 heavy (non-hydrogen) atoms. The van der Waals surface area contributed by atoms with Gasteiger partial charge in [0.2, 0.25) is 11.1 Å². The van der Waals surface area contributed by atoms with E-state index in [9.17, 15) is 4.79 Å². The average Bonchev–Trinajstić information content (AvgIpc) is 3.38. The van der Waals surface area contributed by atoms with Crippen molar-refractivity contribution < 1.29 is 4.79 Å². The SMILES string of the molecule is Cc1ccc(-c2nnc(S[C@@H](C(=O)N3CCCC3)c3ccccc3)n2N)cc1. The molecule has 7 heteroatoms. The number of amides is 1. The van der Waals surface area contributed by atoms with Crippen LogP contribution in [0.3, 0.4) is 0 Å². The summed E-state index contributed by atoms with van der Waals surface area (Å²) in [6, 6.07) is 17.8. The predicted octanol–water partition coefficient (Wildman–Crippen LogP) is 3.42. The third-order valence-electron chi connectivity index (χ3n) is 4.94. The van der Waals surface area contributed by atoms with E-state index >= 15 is 0 Å². The van der Waals surface area contributed by atoms with Crippen molar-refractivity contribution in [3.63, 3.8) is 0 Å². The number of hydrogen-bond donors (Lipinski definition) is 1.